The molecule has 3 aromatic rings. The molecular formula is C22H18Cl2N2O3. The lowest BCUT2D eigenvalue weighted by Gasteiger charge is -2.12. The van der Waals surface area contributed by atoms with E-state index in [-0.39, 0.29) is 11.8 Å². The van der Waals surface area contributed by atoms with Gasteiger partial charge in [-0.15, -0.1) is 0 Å². The summed E-state index contributed by atoms with van der Waals surface area (Å²) in [5.41, 5.74) is 1.81. The fourth-order valence-electron chi connectivity index (χ4n) is 2.62. The van der Waals surface area contributed by atoms with Crippen LogP contribution >= 0.6 is 23.2 Å². The Labute approximate surface area is 178 Å². The van der Waals surface area contributed by atoms with Crippen molar-refractivity contribution in [1.29, 1.82) is 0 Å². The lowest BCUT2D eigenvalue weighted by Crippen LogP contribution is -2.15. The Bertz CT molecular complexity index is 1050. The summed E-state index contributed by atoms with van der Waals surface area (Å²) in [4.78, 5) is 25.1. The fourth-order valence-corrected chi connectivity index (χ4v) is 2.92. The molecule has 29 heavy (non-hydrogen) atoms. The third-order valence-electron chi connectivity index (χ3n) is 4.00. The molecule has 148 valence electrons. The molecule has 2 amide bonds. The highest BCUT2D eigenvalue weighted by atomic mass is 35.5. The van der Waals surface area contributed by atoms with Crippen LogP contribution in [0.2, 0.25) is 10.0 Å². The van der Waals surface area contributed by atoms with Crippen molar-refractivity contribution in [3.63, 3.8) is 0 Å². The van der Waals surface area contributed by atoms with Crippen LogP contribution in [0, 0.1) is 0 Å². The molecule has 0 radical (unpaired) electrons. The summed E-state index contributed by atoms with van der Waals surface area (Å²) in [7, 11) is 0. The Hall–Kier alpha value is -3.02. The van der Waals surface area contributed by atoms with Crippen molar-refractivity contribution in [2.45, 2.75) is 6.92 Å². The number of anilines is 2. The Morgan fingerprint density at radius 1 is 0.828 bits per heavy atom. The predicted molar refractivity (Wildman–Crippen MR) is 116 cm³/mol. The fraction of sp³-hybridized carbons (Fsp3) is 0.0909. The number of hydrogen-bond donors (Lipinski definition) is 2. The van der Waals surface area contributed by atoms with Gasteiger partial charge in [-0.25, -0.2) is 0 Å². The molecule has 0 bridgehead atoms. The van der Waals surface area contributed by atoms with Crippen LogP contribution in [-0.2, 0) is 0 Å². The molecule has 0 aliphatic heterocycles. The molecular weight excluding hydrogens is 411 g/mol. The largest absolute Gasteiger partial charge is 0.492 e. The molecule has 0 spiro atoms. The highest BCUT2D eigenvalue weighted by Gasteiger charge is 2.12. The van der Waals surface area contributed by atoms with Gasteiger partial charge in [0.2, 0.25) is 0 Å². The Morgan fingerprint density at radius 3 is 2.31 bits per heavy atom. The number of carbonyl (C=O) groups excluding carboxylic acids is 2. The molecule has 0 aliphatic rings. The van der Waals surface area contributed by atoms with Gasteiger partial charge in [-0.2, -0.15) is 0 Å². The van der Waals surface area contributed by atoms with Crippen molar-refractivity contribution in [3.8, 4) is 5.75 Å². The molecule has 0 saturated heterocycles. The first-order valence-corrected chi connectivity index (χ1v) is 9.63. The van der Waals surface area contributed by atoms with Gasteiger partial charge in [0.25, 0.3) is 11.8 Å². The van der Waals surface area contributed by atoms with Gasteiger partial charge in [0, 0.05) is 16.8 Å². The average molecular weight is 429 g/mol. The van der Waals surface area contributed by atoms with Crippen LogP contribution < -0.4 is 15.4 Å². The summed E-state index contributed by atoms with van der Waals surface area (Å²) < 4.78 is 5.53. The molecule has 3 aromatic carbocycles. The van der Waals surface area contributed by atoms with Crippen molar-refractivity contribution in [1.82, 2.24) is 0 Å². The van der Waals surface area contributed by atoms with E-state index in [0.717, 1.165) is 0 Å². The first-order valence-electron chi connectivity index (χ1n) is 8.87. The number of halogens is 2. The van der Waals surface area contributed by atoms with Gasteiger partial charge >= 0.3 is 0 Å². The molecule has 0 aromatic heterocycles. The van der Waals surface area contributed by atoms with Crippen molar-refractivity contribution in [2.24, 2.45) is 0 Å². The maximum absolute atomic E-state index is 12.6. The normalized spacial score (nSPS) is 10.3. The standard InChI is InChI=1S/C22H18Cl2N2O3/c1-2-29-20-9-4-3-8-19(20)26-22(28)14-6-5-7-16(12-14)25-21(27)15-10-11-17(23)18(24)13-15/h3-13H,2H2,1H3,(H,25,27)(H,26,28). The Kier molecular flexibility index (Phi) is 6.75. The maximum atomic E-state index is 12.6. The molecule has 0 saturated carbocycles. The number of hydrogen-bond acceptors (Lipinski definition) is 3. The zero-order valence-corrected chi connectivity index (χ0v) is 17.1. The zero-order chi connectivity index (χ0) is 20.8. The number of amides is 2. The van der Waals surface area contributed by atoms with Crippen LogP contribution in [0.15, 0.2) is 66.7 Å². The second kappa shape index (κ2) is 9.45. The van der Waals surface area contributed by atoms with Crippen LogP contribution in [0.5, 0.6) is 5.75 Å². The molecule has 7 heteroatoms. The van der Waals surface area contributed by atoms with Gasteiger partial charge in [0.15, 0.2) is 0 Å². The van der Waals surface area contributed by atoms with Gasteiger partial charge in [-0.1, -0.05) is 41.4 Å². The Morgan fingerprint density at radius 2 is 1.55 bits per heavy atom. The maximum Gasteiger partial charge on any atom is 0.255 e. The van der Waals surface area contributed by atoms with Gasteiger partial charge in [-0.3, -0.25) is 9.59 Å². The first-order chi connectivity index (χ1) is 14.0. The van der Waals surface area contributed by atoms with Gasteiger partial charge in [0.05, 0.1) is 22.3 Å². The zero-order valence-electron chi connectivity index (χ0n) is 15.5. The average Bonchev–Trinajstić information content (AvgIpc) is 2.72. The van der Waals surface area contributed by atoms with Crippen molar-refractivity contribution >= 4 is 46.4 Å². The second-order valence-electron chi connectivity index (χ2n) is 6.05. The van der Waals surface area contributed by atoms with Gasteiger partial charge < -0.3 is 15.4 Å². The van der Waals surface area contributed by atoms with Crippen LogP contribution in [0.4, 0.5) is 11.4 Å². The summed E-state index contributed by atoms with van der Waals surface area (Å²) in [5.74, 6) is -0.0852. The summed E-state index contributed by atoms with van der Waals surface area (Å²) in [6, 6.07) is 18.4. The molecule has 0 fully saturated rings. The smallest absolute Gasteiger partial charge is 0.255 e. The molecule has 5 nitrogen and oxygen atoms in total. The summed E-state index contributed by atoms with van der Waals surface area (Å²) in [5, 5.41) is 6.24. The minimum Gasteiger partial charge on any atom is -0.492 e. The molecule has 3 rings (SSSR count). The lowest BCUT2D eigenvalue weighted by atomic mass is 10.1. The molecule has 2 N–H and O–H groups in total. The van der Waals surface area contributed by atoms with Crippen LogP contribution in [-0.4, -0.2) is 18.4 Å². The van der Waals surface area contributed by atoms with Crippen molar-refractivity contribution in [3.05, 3.63) is 87.9 Å². The minimum atomic E-state index is -0.359. The highest BCUT2D eigenvalue weighted by Crippen LogP contribution is 2.25. The Balaban J connectivity index is 1.74. The van der Waals surface area contributed by atoms with E-state index in [2.05, 4.69) is 10.6 Å². The van der Waals surface area contributed by atoms with E-state index >= 15 is 0 Å². The summed E-state index contributed by atoms with van der Waals surface area (Å²) >= 11 is 11.8. The topological polar surface area (TPSA) is 67.4 Å². The monoisotopic (exact) mass is 428 g/mol. The van der Waals surface area contributed by atoms with Crippen LogP contribution in [0.25, 0.3) is 0 Å². The highest BCUT2D eigenvalue weighted by molar-refractivity contribution is 6.42. The first kappa shape index (κ1) is 20.7. The van der Waals surface area contributed by atoms with Gasteiger partial charge in [0.1, 0.15) is 5.75 Å². The van der Waals surface area contributed by atoms with Crippen molar-refractivity contribution < 1.29 is 14.3 Å². The van der Waals surface area contributed by atoms with Gasteiger partial charge in [-0.05, 0) is 55.5 Å². The van der Waals surface area contributed by atoms with E-state index in [9.17, 15) is 9.59 Å². The van der Waals surface area contributed by atoms with E-state index in [4.69, 9.17) is 27.9 Å². The minimum absolute atomic E-state index is 0.292. The number of carbonyl (C=O) groups is 2. The molecule has 0 atom stereocenters. The number of ether oxygens (including phenoxy) is 1. The van der Waals surface area contributed by atoms with Crippen molar-refractivity contribution in [2.75, 3.05) is 17.2 Å². The third kappa shape index (κ3) is 5.28. The third-order valence-corrected chi connectivity index (χ3v) is 4.74. The van der Waals surface area contributed by atoms with E-state index in [1.807, 2.05) is 19.1 Å². The van der Waals surface area contributed by atoms with E-state index < -0.39 is 0 Å². The summed E-state index contributed by atoms with van der Waals surface area (Å²) in [6.07, 6.45) is 0. The lowest BCUT2D eigenvalue weighted by molar-refractivity contribution is 0.101. The van der Waals surface area contributed by atoms with Crippen LogP contribution in [0.1, 0.15) is 27.6 Å². The molecule has 0 heterocycles. The van der Waals surface area contributed by atoms with E-state index in [0.29, 0.717) is 44.9 Å². The van der Waals surface area contributed by atoms with E-state index in [1.54, 1.807) is 48.5 Å². The molecule has 0 aliphatic carbocycles. The quantitative estimate of drug-likeness (QED) is 0.513. The SMILES string of the molecule is CCOc1ccccc1NC(=O)c1cccc(NC(=O)c2ccc(Cl)c(Cl)c2)c1. The van der Waals surface area contributed by atoms with Crippen LogP contribution in [0.3, 0.4) is 0 Å². The predicted octanol–water partition coefficient (Wildman–Crippen LogP) is 5.90. The number of para-hydroxylation sites is 2. The molecule has 0 unspecified atom stereocenters. The number of rotatable bonds is 6. The number of nitrogens with one attached hydrogen (secondary N) is 2. The second-order valence-corrected chi connectivity index (χ2v) is 6.86. The summed E-state index contributed by atoms with van der Waals surface area (Å²) in [6.45, 7) is 2.36. The van der Waals surface area contributed by atoms with E-state index in [1.165, 1.54) is 6.07 Å². The number of benzene rings is 3.